The highest BCUT2D eigenvalue weighted by Crippen LogP contribution is 2.37. The number of morpholine rings is 1. The first kappa shape index (κ1) is 27.8. The van der Waals surface area contributed by atoms with Crippen molar-refractivity contribution in [3.05, 3.63) is 71.9 Å². The largest absolute Gasteiger partial charge is 0.465 e. The van der Waals surface area contributed by atoms with E-state index in [2.05, 4.69) is 33.1 Å². The Bertz CT molecular complexity index is 1360. The van der Waals surface area contributed by atoms with Gasteiger partial charge in [0.15, 0.2) is 12.6 Å². The second-order valence-electron chi connectivity index (χ2n) is 8.40. The molecular weight excluding hydrogens is 531 g/mol. The van der Waals surface area contributed by atoms with Crippen LogP contribution in [0.1, 0.15) is 5.56 Å². The van der Waals surface area contributed by atoms with Crippen molar-refractivity contribution in [2.75, 3.05) is 43.3 Å². The molecule has 0 bridgehead atoms. The summed E-state index contributed by atoms with van der Waals surface area (Å²) in [6.45, 7) is 5.59. The summed E-state index contributed by atoms with van der Waals surface area (Å²) in [5.74, 6) is 0.747. The van der Waals surface area contributed by atoms with Crippen LogP contribution < -0.4 is 15.0 Å². The van der Waals surface area contributed by atoms with Gasteiger partial charge in [0.2, 0.25) is 13.5 Å². The van der Waals surface area contributed by atoms with Gasteiger partial charge < -0.3 is 29.5 Å². The zero-order valence-electron chi connectivity index (χ0n) is 20.5. The van der Waals surface area contributed by atoms with Gasteiger partial charge >= 0.3 is 0 Å². The van der Waals surface area contributed by atoms with Crippen molar-refractivity contribution < 1.29 is 28.6 Å². The van der Waals surface area contributed by atoms with Gasteiger partial charge in [-0.2, -0.15) is 0 Å². The molecule has 38 heavy (non-hydrogen) atoms. The van der Waals surface area contributed by atoms with Gasteiger partial charge in [0.05, 0.1) is 35.8 Å². The first-order valence-corrected chi connectivity index (χ1v) is 13.9. The van der Waals surface area contributed by atoms with Crippen LogP contribution in [0, 0.1) is 0 Å². The molecule has 0 unspecified atom stereocenters. The maximum atomic E-state index is 11.8. The van der Waals surface area contributed by atoms with E-state index in [0.29, 0.717) is 54.4 Å². The second kappa shape index (κ2) is 12.5. The first-order valence-electron chi connectivity index (χ1n) is 11.7. The number of benzene rings is 2. The number of nitrogens with zero attached hydrogens (tertiary/aromatic N) is 3. The number of hydrogen-bond acceptors (Lipinski definition) is 10. The maximum absolute atomic E-state index is 11.8. The molecule has 0 aliphatic carbocycles. The van der Waals surface area contributed by atoms with Crippen molar-refractivity contribution in [2.24, 2.45) is 0 Å². The predicted octanol–water partition coefficient (Wildman–Crippen LogP) is 4.21. The number of hydrogen-bond donors (Lipinski definition) is 3. The number of rotatable bonds is 11. The van der Waals surface area contributed by atoms with E-state index in [-0.39, 0.29) is 19.0 Å². The van der Waals surface area contributed by atoms with Gasteiger partial charge in [-0.05, 0) is 42.2 Å². The summed E-state index contributed by atoms with van der Waals surface area (Å²) in [7, 11) is -3.67. The van der Waals surface area contributed by atoms with Crippen molar-refractivity contribution >= 4 is 48.6 Å². The van der Waals surface area contributed by atoms with Crippen LogP contribution in [-0.4, -0.2) is 64.9 Å². The molecule has 0 atom stereocenters. The van der Waals surface area contributed by atoms with Gasteiger partial charge in [0.25, 0.3) is 0 Å². The summed E-state index contributed by atoms with van der Waals surface area (Å²) in [6.07, 6.45) is 6.23. The Morgan fingerprint density at radius 3 is 2.76 bits per heavy atom. The number of allylic oxidation sites excluding steroid dienone is 1. The molecule has 1 saturated heterocycles. The summed E-state index contributed by atoms with van der Waals surface area (Å²) in [5.41, 5.74) is 3.56. The molecule has 0 spiro atoms. The average Bonchev–Trinajstić information content (AvgIpc) is 2.90. The molecule has 10 nitrogen and oxygen atoms in total. The molecule has 0 radical (unpaired) electrons. The van der Waals surface area contributed by atoms with Gasteiger partial charge in [-0.25, -0.2) is 9.97 Å². The van der Waals surface area contributed by atoms with Crippen molar-refractivity contribution in [1.82, 2.24) is 9.97 Å². The zero-order chi connectivity index (χ0) is 27.1. The summed E-state index contributed by atoms with van der Waals surface area (Å²) in [4.78, 5) is 41.6. The Morgan fingerprint density at radius 2 is 2.03 bits per heavy atom. The third-order valence-corrected chi connectivity index (χ3v) is 6.39. The van der Waals surface area contributed by atoms with E-state index in [1.165, 1.54) is 12.3 Å². The molecular formula is C26H28ClN4O6P. The lowest BCUT2D eigenvalue weighted by atomic mass is 10.0. The number of aromatic nitrogens is 2. The number of nitrogens with one attached hydrogen (secondary N) is 1. The highest BCUT2D eigenvalue weighted by molar-refractivity contribution is 7.57. The third kappa shape index (κ3) is 7.64. The molecule has 1 aliphatic rings. The molecule has 2 heterocycles. The molecule has 12 heteroatoms. The molecule has 1 aliphatic heterocycles. The molecule has 3 aromatic rings. The number of anilines is 3. The van der Waals surface area contributed by atoms with E-state index in [1.54, 1.807) is 12.1 Å². The summed E-state index contributed by atoms with van der Waals surface area (Å²) < 4.78 is 16.0. The monoisotopic (exact) mass is 558 g/mol. The Kier molecular flexibility index (Phi) is 9.17. The lowest BCUT2D eigenvalue weighted by Crippen LogP contribution is -2.36. The SMILES string of the molecule is C=CC(=O)Cc1cccc(-c2nc(Nc3ccc(OCOP(=C)(O)O)c(N4CCOCC4)c3)ncc2Cl)c1. The first-order chi connectivity index (χ1) is 18.2. The lowest BCUT2D eigenvalue weighted by Gasteiger charge is -2.30. The number of ether oxygens (including phenoxy) is 2. The zero-order valence-corrected chi connectivity index (χ0v) is 22.2. The Labute approximate surface area is 225 Å². The van der Waals surface area contributed by atoms with Crippen molar-refractivity contribution in [3.8, 4) is 17.0 Å². The third-order valence-electron chi connectivity index (χ3n) is 5.59. The van der Waals surface area contributed by atoms with Crippen LogP contribution in [-0.2, 0) is 20.5 Å². The number of ketones is 1. The van der Waals surface area contributed by atoms with Crippen molar-refractivity contribution in [1.29, 1.82) is 0 Å². The van der Waals surface area contributed by atoms with Gasteiger partial charge in [0.1, 0.15) is 5.75 Å². The van der Waals surface area contributed by atoms with Crippen LogP contribution in [0.4, 0.5) is 17.3 Å². The molecule has 1 fully saturated rings. The number of carbonyl (C=O) groups excluding carboxylic acids is 1. The Hall–Kier alpha value is -3.24. The van der Waals surface area contributed by atoms with Gasteiger partial charge in [-0.3, -0.25) is 9.32 Å². The minimum absolute atomic E-state index is 0.0755. The highest BCUT2D eigenvalue weighted by Gasteiger charge is 2.18. The van der Waals surface area contributed by atoms with E-state index in [4.69, 9.17) is 25.6 Å². The average molecular weight is 559 g/mol. The fourth-order valence-corrected chi connectivity index (χ4v) is 4.23. The summed E-state index contributed by atoms with van der Waals surface area (Å²) >= 11 is 6.43. The maximum Gasteiger partial charge on any atom is 0.248 e. The van der Waals surface area contributed by atoms with Crippen LogP contribution in [0.3, 0.4) is 0 Å². The normalized spacial score (nSPS) is 13.7. The standard InChI is InChI=1S/C26H28ClN4O6P/c1-3-21(32)14-18-5-4-6-19(13-18)25-22(27)16-28-26(30-25)29-20-7-8-24(36-17-37-38(2,33)34)23(15-20)31-9-11-35-12-10-31/h3-8,13,15-16,33-34H,1-2,9-12,14,17H2,(H,28,29,30). The number of halogens is 1. The van der Waals surface area contributed by atoms with Crippen LogP contribution in [0.2, 0.25) is 5.02 Å². The lowest BCUT2D eigenvalue weighted by molar-refractivity contribution is -0.114. The van der Waals surface area contributed by atoms with Crippen LogP contribution >= 0.6 is 19.2 Å². The molecule has 1 aromatic heterocycles. The highest BCUT2D eigenvalue weighted by atomic mass is 35.5. The van der Waals surface area contributed by atoms with Crippen LogP contribution in [0.5, 0.6) is 5.75 Å². The quantitative estimate of drug-likeness (QED) is 0.179. The minimum Gasteiger partial charge on any atom is -0.465 e. The minimum atomic E-state index is -3.67. The second-order valence-corrected chi connectivity index (χ2v) is 10.4. The fraction of sp³-hybridized carbons (Fsp3) is 0.231. The molecule has 2 aromatic carbocycles. The molecule has 3 N–H and O–H groups in total. The van der Waals surface area contributed by atoms with Crippen molar-refractivity contribution in [2.45, 2.75) is 6.42 Å². The molecule has 200 valence electrons. The number of carbonyl (C=O) groups is 1. The van der Waals surface area contributed by atoms with Gasteiger partial charge in [0, 0.05) is 30.8 Å². The van der Waals surface area contributed by atoms with E-state index < -0.39 is 7.57 Å². The van der Waals surface area contributed by atoms with E-state index >= 15 is 0 Å². The van der Waals surface area contributed by atoms with Crippen LogP contribution in [0.15, 0.2) is 61.3 Å². The Balaban J connectivity index is 1.58. The Morgan fingerprint density at radius 1 is 1.24 bits per heavy atom. The van der Waals surface area contributed by atoms with E-state index in [9.17, 15) is 14.6 Å². The molecule has 0 saturated carbocycles. The van der Waals surface area contributed by atoms with E-state index in [1.807, 2.05) is 30.3 Å². The fourth-order valence-electron chi connectivity index (χ4n) is 3.80. The summed E-state index contributed by atoms with van der Waals surface area (Å²) in [6, 6.07) is 12.8. The molecule has 0 amide bonds. The molecule has 4 rings (SSSR count). The van der Waals surface area contributed by atoms with Gasteiger partial charge in [-0.1, -0.05) is 36.4 Å². The summed E-state index contributed by atoms with van der Waals surface area (Å²) in [5, 5.41) is 3.58. The smallest absolute Gasteiger partial charge is 0.248 e. The van der Waals surface area contributed by atoms with E-state index in [0.717, 1.165) is 16.8 Å². The topological polar surface area (TPSA) is 126 Å². The predicted molar refractivity (Wildman–Crippen MR) is 149 cm³/mol. The van der Waals surface area contributed by atoms with Gasteiger partial charge in [-0.15, -0.1) is 0 Å². The van der Waals surface area contributed by atoms with Crippen molar-refractivity contribution in [3.63, 3.8) is 0 Å². The van der Waals surface area contributed by atoms with Crippen LogP contribution in [0.25, 0.3) is 11.3 Å².